The average molecular weight is 263 g/mol. The van der Waals surface area contributed by atoms with Gasteiger partial charge >= 0.3 is 0 Å². The van der Waals surface area contributed by atoms with Crippen LogP contribution in [0.5, 0.6) is 0 Å². The third kappa shape index (κ3) is 3.62. The van der Waals surface area contributed by atoms with E-state index in [-0.39, 0.29) is 5.82 Å². The van der Waals surface area contributed by atoms with Crippen LogP contribution in [0.4, 0.5) is 4.39 Å². The van der Waals surface area contributed by atoms with Gasteiger partial charge in [-0.15, -0.1) is 0 Å². The first-order chi connectivity index (χ1) is 9.20. The normalized spacial score (nSPS) is 10.9. The highest BCUT2D eigenvalue weighted by Gasteiger charge is 2.04. The highest BCUT2D eigenvalue weighted by atomic mass is 19.1. The lowest BCUT2D eigenvalue weighted by atomic mass is 10.2. The smallest absolute Gasteiger partial charge is 0.123 e. The Morgan fingerprint density at radius 2 is 2.21 bits per heavy atom. The van der Waals surface area contributed by atoms with Gasteiger partial charge in [0.05, 0.1) is 18.0 Å². The van der Waals surface area contributed by atoms with Gasteiger partial charge in [-0.25, -0.2) is 9.07 Å². The molecule has 102 valence electrons. The first kappa shape index (κ1) is 13.7. The molecule has 4 nitrogen and oxygen atoms in total. The van der Waals surface area contributed by atoms with Gasteiger partial charge in [0.1, 0.15) is 5.82 Å². The number of rotatable bonds is 6. The molecule has 0 saturated heterocycles. The Balaban J connectivity index is 2.04. The number of nitrogens with one attached hydrogen (secondary N) is 1. The number of aryl methyl sites for hydroxylation is 1. The van der Waals surface area contributed by atoms with Crippen LogP contribution in [0.3, 0.4) is 0 Å². The second-order valence-electron chi connectivity index (χ2n) is 4.35. The van der Waals surface area contributed by atoms with E-state index in [9.17, 15) is 4.39 Å². The molecule has 5 heteroatoms. The summed E-state index contributed by atoms with van der Waals surface area (Å²) >= 11 is 0. The molecule has 0 aliphatic carbocycles. The first-order valence-electron chi connectivity index (χ1n) is 6.21. The molecular weight excluding hydrogens is 245 g/mol. The maximum absolute atomic E-state index is 13.1. The van der Waals surface area contributed by atoms with E-state index in [1.165, 1.54) is 12.1 Å². The van der Waals surface area contributed by atoms with Crippen LogP contribution in [-0.2, 0) is 11.3 Å². The summed E-state index contributed by atoms with van der Waals surface area (Å²) in [6.07, 6.45) is 1.88. The summed E-state index contributed by atoms with van der Waals surface area (Å²) in [7, 11) is 1.67. The van der Waals surface area contributed by atoms with Gasteiger partial charge < -0.3 is 10.1 Å². The Labute approximate surface area is 112 Å². The van der Waals surface area contributed by atoms with Gasteiger partial charge in [0.25, 0.3) is 0 Å². The number of aromatic nitrogens is 2. The van der Waals surface area contributed by atoms with E-state index in [1.807, 2.05) is 19.2 Å². The standard InChI is InChI=1S/C14H18FN3O/c1-11-9-12(15)3-4-14(11)18-7-5-13(17-18)10-16-6-8-19-2/h3-5,7,9,16H,6,8,10H2,1-2H3. The minimum Gasteiger partial charge on any atom is -0.383 e. The maximum atomic E-state index is 13.1. The van der Waals surface area contributed by atoms with Crippen LogP contribution >= 0.6 is 0 Å². The molecular formula is C14H18FN3O. The molecule has 1 N–H and O–H groups in total. The molecule has 0 aliphatic heterocycles. The average Bonchev–Trinajstić information content (AvgIpc) is 2.83. The van der Waals surface area contributed by atoms with Crippen LogP contribution in [0.25, 0.3) is 5.69 Å². The van der Waals surface area contributed by atoms with Gasteiger partial charge in [0.2, 0.25) is 0 Å². The number of ether oxygens (including phenoxy) is 1. The van der Waals surface area contributed by atoms with Crippen molar-refractivity contribution in [3.8, 4) is 5.69 Å². The van der Waals surface area contributed by atoms with Crippen LogP contribution in [0.2, 0.25) is 0 Å². The summed E-state index contributed by atoms with van der Waals surface area (Å²) in [6.45, 7) is 4.03. The molecule has 0 spiro atoms. The Kier molecular flexibility index (Phi) is 4.65. The molecule has 0 amide bonds. The Bertz CT molecular complexity index is 539. The van der Waals surface area contributed by atoms with E-state index in [2.05, 4.69) is 10.4 Å². The number of methoxy groups -OCH3 is 1. The fraction of sp³-hybridized carbons (Fsp3) is 0.357. The number of hydrogen-bond donors (Lipinski definition) is 1. The predicted molar refractivity (Wildman–Crippen MR) is 71.8 cm³/mol. The lowest BCUT2D eigenvalue weighted by Gasteiger charge is -2.05. The second kappa shape index (κ2) is 6.45. The fourth-order valence-electron chi connectivity index (χ4n) is 1.86. The predicted octanol–water partition coefficient (Wildman–Crippen LogP) is 2.06. The van der Waals surface area contributed by atoms with Crippen molar-refractivity contribution in [2.75, 3.05) is 20.3 Å². The van der Waals surface area contributed by atoms with Gasteiger partial charge in [-0.1, -0.05) is 0 Å². The van der Waals surface area contributed by atoms with Crippen molar-refractivity contribution in [1.29, 1.82) is 0 Å². The minimum atomic E-state index is -0.227. The van der Waals surface area contributed by atoms with E-state index < -0.39 is 0 Å². The number of nitrogens with zero attached hydrogens (tertiary/aromatic N) is 2. The van der Waals surface area contributed by atoms with E-state index in [1.54, 1.807) is 17.9 Å². The van der Waals surface area contributed by atoms with E-state index in [0.29, 0.717) is 13.2 Å². The molecule has 1 aromatic heterocycles. The molecule has 1 heterocycles. The van der Waals surface area contributed by atoms with Gasteiger partial charge in [-0.2, -0.15) is 5.10 Å². The molecule has 0 saturated carbocycles. The molecule has 0 unspecified atom stereocenters. The van der Waals surface area contributed by atoms with Crippen molar-refractivity contribution in [1.82, 2.24) is 15.1 Å². The Hall–Kier alpha value is -1.72. The fourth-order valence-corrected chi connectivity index (χ4v) is 1.86. The molecule has 1 aromatic carbocycles. The molecule has 0 atom stereocenters. The largest absolute Gasteiger partial charge is 0.383 e. The molecule has 19 heavy (non-hydrogen) atoms. The lowest BCUT2D eigenvalue weighted by Crippen LogP contribution is -2.18. The quantitative estimate of drug-likeness (QED) is 0.811. The number of hydrogen-bond acceptors (Lipinski definition) is 3. The Morgan fingerprint density at radius 1 is 1.37 bits per heavy atom. The molecule has 0 radical (unpaired) electrons. The second-order valence-corrected chi connectivity index (χ2v) is 4.35. The Morgan fingerprint density at radius 3 is 2.95 bits per heavy atom. The third-order valence-electron chi connectivity index (χ3n) is 2.84. The first-order valence-corrected chi connectivity index (χ1v) is 6.21. The monoisotopic (exact) mass is 263 g/mol. The number of benzene rings is 1. The van der Waals surface area contributed by atoms with Crippen molar-refractivity contribution in [2.45, 2.75) is 13.5 Å². The van der Waals surface area contributed by atoms with Crippen molar-refractivity contribution < 1.29 is 9.13 Å². The number of halogens is 1. The zero-order chi connectivity index (χ0) is 13.7. The summed E-state index contributed by atoms with van der Waals surface area (Å²) in [5.41, 5.74) is 2.70. The van der Waals surface area contributed by atoms with Gasteiger partial charge in [-0.3, -0.25) is 0 Å². The van der Waals surface area contributed by atoms with Crippen molar-refractivity contribution in [2.24, 2.45) is 0 Å². The zero-order valence-electron chi connectivity index (χ0n) is 11.2. The zero-order valence-corrected chi connectivity index (χ0v) is 11.2. The van der Waals surface area contributed by atoms with Gasteiger partial charge in [0, 0.05) is 26.4 Å². The molecule has 2 rings (SSSR count). The molecule has 0 aliphatic rings. The molecule has 0 bridgehead atoms. The summed E-state index contributed by atoms with van der Waals surface area (Å²) in [4.78, 5) is 0. The molecule has 0 fully saturated rings. The van der Waals surface area contributed by atoms with Gasteiger partial charge in [0.15, 0.2) is 0 Å². The van der Waals surface area contributed by atoms with Crippen LogP contribution in [0.15, 0.2) is 30.5 Å². The van der Waals surface area contributed by atoms with E-state index in [0.717, 1.165) is 23.5 Å². The van der Waals surface area contributed by atoms with E-state index in [4.69, 9.17) is 4.74 Å². The lowest BCUT2D eigenvalue weighted by molar-refractivity contribution is 0.199. The topological polar surface area (TPSA) is 39.1 Å². The summed E-state index contributed by atoms with van der Waals surface area (Å²) < 4.78 is 19.8. The van der Waals surface area contributed by atoms with Crippen LogP contribution in [-0.4, -0.2) is 30.0 Å². The van der Waals surface area contributed by atoms with Crippen LogP contribution in [0.1, 0.15) is 11.3 Å². The summed E-state index contributed by atoms with van der Waals surface area (Å²) in [5.74, 6) is -0.227. The highest BCUT2D eigenvalue weighted by Crippen LogP contribution is 2.14. The van der Waals surface area contributed by atoms with E-state index >= 15 is 0 Å². The van der Waals surface area contributed by atoms with Crippen molar-refractivity contribution in [3.05, 3.63) is 47.5 Å². The molecule has 2 aromatic rings. The minimum absolute atomic E-state index is 0.227. The van der Waals surface area contributed by atoms with Crippen LogP contribution in [0, 0.1) is 12.7 Å². The van der Waals surface area contributed by atoms with Crippen molar-refractivity contribution >= 4 is 0 Å². The SMILES string of the molecule is COCCNCc1ccn(-c2ccc(F)cc2C)n1. The van der Waals surface area contributed by atoms with Crippen LogP contribution < -0.4 is 5.32 Å². The summed E-state index contributed by atoms with van der Waals surface area (Å²) in [6, 6.07) is 6.64. The third-order valence-corrected chi connectivity index (χ3v) is 2.84. The maximum Gasteiger partial charge on any atom is 0.123 e. The van der Waals surface area contributed by atoms with Crippen molar-refractivity contribution in [3.63, 3.8) is 0 Å². The summed E-state index contributed by atoms with van der Waals surface area (Å²) in [5, 5.41) is 7.69. The van der Waals surface area contributed by atoms with Gasteiger partial charge in [-0.05, 0) is 36.8 Å². The highest BCUT2D eigenvalue weighted by molar-refractivity contribution is 5.39.